The molecule has 1 aromatic heterocycles. The number of nitrogens with zero attached hydrogens (tertiary/aromatic N) is 4. The highest BCUT2D eigenvalue weighted by Crippen LogP contribution is 2.22. The number of amides is 1. The van der Waals surface area contributed by atoms with Crippen LogP contribution in [0, 0.1) is 6.92 Å². The summed E-state index contributed by atoms with van der Waals surface area (Å²) < 4.78 is 1.43. The first-order valence-corrected chi connectivity index (χ1v) is 7.93. The molecule has 1 amide bonds. The van der Waals surface area contributed by atoms with E-state index in [1.165, 1.54) is 23.9 Å². The number of carbonyl (C=O) groups excluding carboxylic acids is 1. The molecule has 22 heavy (non-hydrogen) atoms. The quantitative estimate of drug-likeness (QED) is 0.853. The molecular formula is C17H22N4O. The average molecular weight is 298 g/mol. The second kappa shape index (κ2) is 6.30. The molecule has 0 aliphatic heterocycles. The van der Waals surface area contributed by atoms with E-state index in [0.29, 0.717) is 17.7 Å². The molecule has 5 nitrogen and oxygen atoms in total. The van der Waals surface area contributed by atoms with Gasteiger partial charge in [-0.3, -0.25) is 0 Å². The predicted molar refractivity (Wildman–Crippen MR) is 85.6 cm³/mol. The highest BCUT2D eigenvalue weighted by Gasteiger charge is 2.25. The third-order valence-electron chi connectivity index (χ3n) is 4.41. The Kier molecular flexibility index (Phi) is 4.22. The van der Waals surface area contributed by atoms with Crippen LogP contribution >= 0.6 is 0 Å². The topological polar surface area (TPSA) is 51.0 Å². The van der Waals surface area contributed by atoms with E-state index in [2.05, 4.69) is 10.1 Å². The lowest BCUT2D eigenvalue weighted by Gasteiger charge is -2.30. The molecule has 2 aromatic rings. The Morgan fingerprint density at radius 2 is 1.86 bits per heavy atom. The van der Waals surface area contributed by atoms with Crippen molar-refractivity contribution in [3.05, 3.63) is 36.2 Å². The van der Waals surface area contributed by atoms with E-state index in [4.69, 9.17) is 0 Å². The number of benzene rings is 1. The minimum atomic E-state index is -0.0842. The molecule has 0 saturated heterocycles. The van der Waals surface area contributed by atoms with Gasteiger partial charge in [-0.1, -0.05) is 49.6 Å². The monoisotopic (exact) mass is 298 g/mol. The Morgan fingerprint density at radius 1 is 1.18 bits per heavy atom. The van der Waals surface area contributed by atoms with E-state index in [9.17, 15) is 4.79 Å². The van der Waals surface area contributed by atoms with Crippen molar-refractivity contribution in [1.29, 1.82) is 0 Å². The van der Waals surface area contributed by atoms with Crippen LogP contribution < -0.4 is 0 Å². The Bertz CT molecular complexity index is 644. The number of hydrogen-bond acceptors (Lipinski definition) is 3. The predicted octanol–water partition coefficient (Wildman–Crippen LogP) is 3.49. The van der Waals surface area contributed by atoms with Crippen LogP contribution in [0.1, 0.15) is 37.9 Å². The van der Waals surface area contributed by atoms with Gasteiger partial charge in [0.15, 0.2) is 5.82 Å². The van der Waals surface area contributed by atoms with Gasteiger partial charge in [0.25, 0.3) is 0 Å². The molecule has 0 atom stereocenters. The summed E-state index contributed by atoms with van der Waals surface area (Å²) in [6.07, 6.45) is 5.85. The second-order valence-corrected chi connectivity index (χ2v) is 5.95. The molecule has 1 aliphatic rings. The fourth-order valence-electron chi connectivity index (χ4n) is 3.05. The maximum absolute atomic E-state index is 12.7. The number of rotatable bonds is 2. The van der Waals surface area contributed by atoms with Crippen LogP contribution in [0.2, 0.25) is 0 Å². The zero-order chi connectivity index (χ0) is 15.5. The van der Waals surface area contributed by atoms with E-state index in [1.54, 1.807) is 0 Å². The van der Waals surface area contributed by atoms with Crippen molar-refractivity contribution in [3.63, 3.8) is 0 Å². The van der Waals surface area contributed by atoms with E-state index >= 15 is 0 Å². The van der Waals surface area contributed by atoms with Crippen LogP contribution in [0.5, 0.6) is 0 Å². The van der Waals surface area contributed by atoms with E-state index in [0.717, 1.165) is 18.4 Å². The average Bonchev–Trinajstić information content (AvgIpc) is 2.97. The zero-order valence-corrected chi connectivity index (χ0v) is 13.2. The van der Waals surface area contributed by atoms with Gasteiger partial charge >= 0.3 is 6.03 Å². The Labute approximate surface area is 131 Å². The summed E-state index contributed by atoms with van der Waals surface area (Å²) in [5.41, 5.74) is 0.928. The maximum atomic E-state index is 12.7. The van der Waals surface area contributed by atoms with Crippen molar-refractivity contribution in [2.24, 2.45) is 0 Å². The normalized spacial score (nSPS) is 15.7. The van der Waals surface area contributed by atoms with Gasteiger partial charge in [-0.2, -0.15) is 4.68 Å². The highest BCUT2D eigenvalue weighted by molar-refractivity contribution is 5.77. The van der Waals surface area contributed by atoms with Crippen molar-refractivity contribution in [3.8, 4) is 11.4 Å². The molecule has 1 fully saturated rings. The lowest BCUT2D eigenvalue weighted by Crippen LogP contribution is -2.41. The van der Waals surface area contributed by atoms with Gasteiger partial charge in [0.05, 0.1) is 0 Å². The zero-order valence-electron chi connectivity index (χ0n) is 13.2. The summed E-state index contributed by atoms with van der Waals surface area (Å²) in [6.45, 7) is 1.83. The Hall–Kier alpha value is -2.17. The number of aryl methyl sites for hydroxylation is 1. The molecule has 0 spiro atoms. The molecule has 1 aromatic carbocycles. The minimum Gasteiger partial charge on any atom is -0.323 e. The van der Waals surface area contributed by atoms with E-state index in [1.807, 2.05) is 49.2 Å². The standard InChI is InChI=1S/C17H22N4O/c1-13-18-16(14-9-5-3-6-10-14)19-21(13)17(22)20(2)15-11-7-4-8-12-15/h3,5-6,9-10,15H,4,7-8,11-12H2,1-2H3. The molecule has 116 valence electrons. The van der Waals surface area contributed by atoms with Gasteiger partial charge in [-0.25, -0.2) is 9.78 Å². The first-order chi connectivity index (χ1) is 10.7. The molecule has 0 N–H and O–H groups in total. The fourth-order valence-corrected chi connectivity index (χ4v) is 3.05. The van der Waals surface area contributed by atoms with Crippen molar-refractivity contribution < 1.29 is 4.79 Å². The molecule has 5 heteroatoms. The van der Waals surface area contributed by atoms with E-state index < -0.39 is 0 Å². The number of aromatic nitrogens is 3. The van der Waals surface area contributed by atoms with Crippen molar-refractivity contribution in [2.45, 2.75) is 45.1 Å². The summed E-state index contributed by atoms with van der Waals surface area (Å²) in [6, 6.07) is 9.99. The van der Waals surface area contributed by atoms with Gasteiger partial charge in [-0.05, 0) is 19.8 Å². The van der Waals surface area contributed by atoms with Crippen LogP contribution in [0.3, 0.4) is 0 Å². The van der Waals surface area contributed by atoms with Crippen molar-refractivity contribution in [2.75, 3.05) is 7.05 Å². The van der Waals surface area contributed by atoms with Gasteiger partial charge in [-0.15, -0.1) is 5.10 Å². The van der Waals surface area contributed by atoms with Gasteiger partial charge in [0.1, 0.15) is 5.82 Å². The minimum absolute atomic E-state index is 0.0842. The van der Waals surface area contributed by atoms with Crippen LogP contribution in [-0.2, 0) is 0 Å². The number of hydrogen-bond donors (Lipinski definition) is 0. The van der Waals surface area contributed by atoms with Gasteiger partial charge in [0.2, 0.25) is 0 Å². The third-order valence-corrected chi connectivity index (χ3v) is 4.41. The summed E-state index contributed by atoms with van der Waals surface area (Å²) in [5, 5.41) is 4.41. The lowest BCUT2D eigenvalue weighted by atomic mass is 9.95. The first-order valence-electron chi connectivity index (χ1n) is 7.93. The SMILES string of the molecule is Cc1nc(-c2ccccc2)nn1C(=O)N(C)C1CCCCC1. The van der Waals surface area contributed by atoms with Gasteiger partial charge < -0.3 is 4.90 Å². The third kappa shape index (κ3) is 2.89. The largest absolute Gasteiger partial charge is 0.346 e. The molecule has 0 radical (unpaired) electrons. The summed E-state index contributed by atoms with van der Waals surface area (Å²) in [5.74, 6) is 1.23. The second-order valence-electron chi connectivity index (χ2n) is 5.95. The van der Waals surface area contributed by atoms with Crippen LogP contribution in [0.25, 0.3) is 11.4 Å². The van der Waals surface area contributed by atoms with E-state index in [-0.39, 0.29) is 6.03 Å². The molecule has 0 unspecified atom stereocenters. The summed E-state index contributed by atoms with van der Waals surface area (Å²) in [7, 11) is 1.88. The van der Waals surface area contributed by atoms with Crippen LogP contribution in [0.15, 0.2) is 30.3 Å². The molecule has 1 saturated carbocycles. The Morgan fingerprint density at radius 3 is 2.55 bits per heavy atom. The van der Waals surface area contributed by atoms with Gasteiger partial charge in [0, 0.05) is 18.7 Å². The molecular weight excluding hydrogens is 276 g/mol. The van der Waals surface area contributed by atoms with Crippen LogP contribution in [0.4, 0.5) is 4.79 Å². The smallest absolute Gasteiger partial charge is 0.323 e. The number of carbonyl (C=O) groups is 1. The molecule has 1 heterocycles. The summed E-state index contributed by atoms with van der Waals surface area (Å²) in [4.78, 5) is 19.0. The highest BCUT2D eigenvalue weighted by atomic mass is 16.2. The first kappa shape index (κ1) is 14.8. The fraction of sp³-hybridized carbons (Fsp3) is 0.471. The molecule has 1 aliphatic carbocycles. The van der Waals surface area contributed by atoms with Crippen LogP contribution in [-0.4, -0.2) is 38.8 Å². The maximum Gasteiger partial charge on any atom is 0.346 e. The summed E-state index contributed by atoms with van der Waals surface area (Å²) >= 11 is 0. The van der Waals surface area contributed by atoms with Crippen molar-refractivity contribution >= 4 is 6.03 Å². The molecule has 3 rings (SSSR count). The Balaban J connectivity index is 1.82. The lowest BCUT2D eigenvalue weighted by molar-refractivity contribution is 0.171. The molecule has 0 bridgehead atoms. The van der Waals surface area contributed by atoms with Crippen molar-refractivity contribution in [1.82, 2.24) is 19.7 Å².